The van der Waals surface area contributed by atoms with Gasteiger partial charge in [0.05, 0.1) is 12.0 Å². The first-order valence-corrected chi connectivity index (χ1v) is 11.0. The van der Waals surface area contributed by atoms with E-state index in [0.717, 1.165) is 0 Å². The van der Waals surface area contributed by atoms with Crippen molar-refractivity contribution in [3.8, 4) is 11.6 Å². The minimum absolute atomic E-state index is 0.0302. The third-order valence-electron chi connectivity index (χ3n) is 4.25. The number of benzene rings is 1. The number of nitrogens with one attached hydrogen (secondary N) is 2. The lowest BCUT2D eigenvalue weighted by atomic mass is 10.0. The molecular weight excluding hydrogens is 451 g/mol. The molecule has 0 saturated heterocycles. The average Bonchev–Trinajstić information content (AvgIpc) is 2.74. The number of carbonyl (C=O) groups is 1. The number of pyridine rings is 1. The summed E-state index contributed by atoms with van der Waals surface area (Å²) in [6.45, 7) is 1.81. The zero-order valence-corrected chi connectivity index (χ0v) is 18.5. The zero-order valence-electron chi connectivity index (χ0n) is 17.6. The number of hydrogen-bond donors (Lipinski definition) is 2. The Labute approximate surface area is 184 Å². The van der Waals surface area contributed by atoms with Gasteiger partial charge in [0.25, 0.3) is 0 Å². The van der Waals surface area contributed by atoms with Crippen LogP contribution in [0.5, 0.6) is 11.6 Å². The molecule has 32 heavy (non-hydrogen) atoms. The SMILES string of the molecule is COc1ccc(S(=O)(=O)N[C@H](C(=O)NCc2ccnc(OCC(F)(F)F)c2)C(C)C)cc1. The van der Waals surface area contributed by atoms with Gasteiger partial charge < -0.3 is 14.8 Å². The predicted molar refractivity (Wildman–Crippen MR) is 110 cm³/mol. The van der Waals surface area contributed by atoms with E-state index in [0.29, 0.717) is 11.3 Å². The van der Waals surface area contributed by atoms with Crippen LogP contribution in [0.4, 0.5) is 13.2 Å². The van der Waals surface area contributed by atoms with Gasteiger partial charge in [-0.1, -0.05) is 13.8 Å². The van der Waals surface area contributed by atoms with Crippen molar-refractivity contribution < 1.29 is 35.9 Å². The van der Waals surface area contributed by atoms with Crippen LogP contribution in [-0.4, -0.2) is 45.2 Å². The average molecular weight is 475 g/mol. The van der Waals surface area contributed by atoms with E-state index >= 15 is 0 Å². The van der Waals surface area contributed by atoms with Gasteiger partial charge in [0.1, 0.15) is 11.8 Å². The number of aromatic nitrogens is 1. The Hall–Kier alpha value is -2.86. The topological polar surface area (TPSA) is 107 Å². The second kappa shape index (κ2) is 10.6. The molecule has 1 aromatic carbocycles. The van der Waals surface area contributed by atoms with Crippen molar-refractivity contribution in [3.05, 3.63) is 48.2 Å². The third kappa shape index (κ3) is 7.68. The number of carbonyl (C=O) groups excluding carboxylic acids is 1. The Morgan fingerprint density at radius 2 is 1.81 bits per heavy atom. The van der Waals surface area contributed by atoms with Gasteiger partial charge in [-0.15, -0.1) is 0 Å². The summed E-state index contributed by atoms with van der Waals surface area (Å²) in [6, 6.07) is 7.36. The van der Waals surface area contributed by atoms with E-state index < -0.39 is 34.8 Å². The molecule has 2 rings (SSSR count). The van der Waals surface area contributed by atoms with Crippen molar-refractivity contribution in [1.29, 1.82) is 0 Å². The molecule has 1 heterocycles. The molecule has 0 fully saturated rings. The fourth-order valence-electron chi connectivity index (χ4n) is 2.58. The maximum atomic E-state index is 12.7. The summed E-state index contributed by atoms with van der Waals surface area (Å²) in [5, 5.41) is 2.58. The molecule has 176 valence electrons. The van der Waals surface area contributed by atoms with E-state index in [1.54, 1.807) is 13.8 Å². The van der Waals surface area contributed by atoms with Crippen LogP contribution < -0.4 is 19.5 Å². The van der Waals surface area contributed by atoms with Gasteiger partial charge in [-0.25, -0.2) is 13.4 Å². The second-order valence-electron chi connectivity index (χ2n) is 7.14. The van der Waals surface area contributed by atoms with E-state index in [-0.39, 0.29) is 23.2 Å². The van der Waals surface area contributed by atoms with E-state index in [9.17, 15) is 26.4 Å². The Kier molecular flexibility index (Phi) is 8.44. The van der Waals surface area contributed by atoms with Crippen molar-refractivity contribution >= 4 is 15.9 Å². The molecule has 0 spiro atoms. The summed E-state index contributed by atoms with van der Waals surface area (Å²) in [5.74, 6) is -0.731. The molecule has 12 heteroatoms. The maximum absolute atomic E-state index is 12.7. The van der Waals surface area contributed by atoms with Gasteiger partial charge in [0, 0.05) is 18.8 Å². The number of rotatable bonds is 10. The summed E-state index contributed by atoms with van der Waals surface area (Å²) in [5.41, 5.74) is 0.436. The highest BCUT2D eigenvalue weighted by Gasteiger charge is 2.29. The van der Waals surface area contributed by atoms with Crippen LogP contribution in [0.1, 0.15) is 19.4 Å². The van der Waals surface area contributed by atoms with Crippen molar-refractivity contribution in [3.63, 3.8) is 0 Å². The van der Waals surface area contributed by atoms with Crippen LogP contribution in [0.3, 0.4) is 0 Å². The Balaban J connectivity index is 2.04. The molecule has 2 aromatic rings. The lowest BCUT2D eigenvalue weighted by Gasteiger charge is -2.22. The number of amides is 1. The molecule has 0 radical (unpaired) electrons. The van der Waals surface area contributed by atoms with E-state index in [2.05, 4.69) is 19.8 Å². The lowest BCUT2D eigenvalue weighted by molar-refractivity contribution is -0.154. The molecule has 2 N–H and O–H groups in total. The molecule has 0 bridgehead atoms. The fraction of sp³-hybridized carbons (Fsp3) is 0.400. The van der Waals surface area contributed by atoms with Crippen molar-refractivity contribution in [2.24, 2.45) is 5.92 Å². The minimum atomic E-state index is -4.50. The first-order valence-electron chi connectivity index (χ1n) is 9.50. The largest absolute Gasteiger partial charge is 0.497 e. The van der Waals surface area contributed by atoms with Crippen LogP contribution in [0.25, 0.3) is 0 Å². The molecule has 1 atom stereocenters. The van der Waals surface area contributed by atoms with Crippen LogP contribution in [0.15, 0.2) is 47.5 Å². The van der Waals surface area contributed by atoms with Gasteiger partial charge >= 0.3 is 6.18 Å². The van der Waals surface area contributed by atoms with Crippen molar-refractivity contribution in [1.82, 2.24) is 15.0 Å². The third-order valence-corrected chi connectivity index (χ3v) is 5.71. The quantitative estimate of drug-likeness (QED) is 0.547. The van der Waals surface area contributed by atoms with Gasteiger partial charge in [-0.2, -0.15) is 17.9 Å². The molecule has 0 saturated carbocycles. The van der Waals surface area contributed by atoms with E-state index in [1.807, 2.05) is 0 Å². The Morgan fingerprint density at radius 3 is 2.38 bits per heavy atom. The standard InChI is InChI=1S/C20H24F3N3O5S/c1-13(2)18(26-32(28,29)16-6-4-15(30-3)5-7-16)19(27)25-11-14-8-9-24-17(10-14)31-12-20(21,22)23/h4-10,13,18,26H,11-12H2,1-3H3,(H,25,27)/t18-/m0/s1. The van der Waals surface area contributed by atoms with Crippen molar-refractivity contribution in [2.75, 3.05) is 13.7 Å². The van der Waals surface area contributed by atoms with Crippen LogP contribution in [0.2, 0.25) is 0 Å². The summed E-state index contributed by atoms with van der Waals surface area (Å²) in [7, 11) is -2.53. The number of sulfonamides is 1. The molecule has 0 unspecified atom stereocenters. The van der Waals surface area contributed by atoms with E-state index in [4.69, 9.17) is 4.74 Å². The summed E-state index contributed by atoms with van der Waals surface area (Å²) in [4.78, 5) is 16.3. The normalized spacial score (nSPS) is 13.0. The molecular formula is C20H24F3N3O5S. The van der Waals surface area contributed by atoms with Gasteiger partial charge in [-0.3, -0.25) is 4.79 Å². The molecule has 0 aliphatic carbocycles. The first-order chi connectivity index (χ1) is 14.9. The molecule has 1 amide bonds. The van der Waals surface area contributed by atoms with Crippen LogP contribution >= 0.6 is 0 Å². The number of nitrogens with zero attached hydrogens (tertiary/aromatic N) is 1. The minimum Gasteiger partial charge on any atom is -0.497 e. The highest BCUT2D eigenvalue weighted by Crippen LogP contribution is 2.18. The smallest absolute Gasteiger partial charge is 0.422 e. The lowest BCUT2D eigenvalue weighted by Crippen LogP contribution is -2.49. The second-order valence-corrected chi connectivity index (χ2v) is 8.86. The van der Waals surface area contributed by atoms with Crippen molar-refractivity contribution in [2.45, 2.75) is 37.5 Å². The Bertz CT molecular complexity index is 1010. The van der Waals surface area contributed by atoms with Crippen LogP contribution in [0, 0.1) is 5.92 Å². The van der Waals surface area contributed by atoms with Gasteiger partial charge in [0.15, 0.2) is 6.61 Å². The summed E-state index contributed by atoms with van der Waals surface area (Å²) >= 11 is 0. The first kappa shape index (κ1) is 25.4. The molecule has 0 aliphatic rings. The highest BCUT2D eigenvalue weighted by atomic mass is 32.2. The number of halogens is 3. The van der Waals surface area contributed by atoms with Gasteiger partial charge in [-0.05, 0) is 41.8 Å². The molecule has 0 aliphatic heterocycles. The zero-order chi connectivity index (χ0) is 23.9. The molecule has 8 nitrogen and oxygen atoms in total. The maximum Gasteiger partial charge on any atom is 0.422 e. The number of hydrogen-bond acceptors (Lipinski definition) is 6. The molecule has 1 aromatic heterocycles. The monoisotopic (exact) mass is 475 g/mol. The number of methoxy groups -OCH3 is 1. The fourth-order valence-corrected chi connectivity index (χ4v) is 3.92. The highest BCUT2D eigenvalue weighted by molar-refractivity contribution is 7.89. The summed E-state index contributed by atoms with van der Waals surface area (Å²) in [6.07, 6.45) is -3.25. The number of ether oxygens (including phenoxy) is 2. The van der Waals surface area contributed by atoms with Gasteiger partial charge in [0.2, 0.25) is 21.8 Å². The number of alkyl halides is 3. The van der Waals surface area contributed by atoms with E-state index in [1.165, 1.54) is 49.7 Å². The Morgan fingerprint density at radius 1 is 1.16 bits per heavy atom. The summed E-state index contributed by atoms with van der Waals surface area (Å²) < 4.78 is 74.2. The van der Waals surface area contributed by atoms with Crippen LogP contribution in [-0.2, 0) is 21.4 Å². The predicted octanol–water partition coefficient (Wildman–Crippen LogP) is 2.65.